The summed E-state index contributed by atoms with van der Waals surface area (Å²) in [5.41, 5.74) is -0.372. The van der Waals surface area contributed by atoms with Crippen LogP contribution < -0.4 is 5.32 Å². The van der Waals surface area contributed by atoms with E-state index < -0.39 is 5.60 Å². The topological polar surface area (TPSA) is 91.1 Å². The molecule has 7 nitrogen and oxygen atoms in total. The third-order valence-corrected chi connectivity index (χ3v) is 3.97. The van der Waals surface area contributed by atoms with Gasteiger partial charge in [0.25, 0.3) is 0 Å². The maximum atomic E-state index is 13.2. The Morgan fingerprint density at radius 3 is 2.68 bits per heavy atom. The highest BCUT2D eigenvalue weighted by Crippen LogP contribution is 2.28. The molecule has 0 bridgehead atoms. The number of nitrogens with one attached hydrogen (secondary N) is 2. The van der Waals surface area contributed by atoms with Gasteiger partial charge in [-0.05, 0) is 36.8 Å². The van der Waals surface area contributed by atoms with Gasteiger partial charge in [-0.25, -0.2) is 9.37 Å². The number of anilines is 2. The number of aliphatic hydroxyl groups is 1. The highest BCUT2D eigenvalue weighted by molar-refractivity contribution is 5.54. The minimum Gasteiger partial charge on any atom is -0.377 e. The minimum absolute atomic E-state index is 0.198. The summed E-state index contributed by atoms with van der Waals surface area (Å²) >= 11 is 0. The SMILES string of the molecule is CC(O)(c1ccc(F)cc1)c1nc(Nc2cc[nH]n2)n2cccc2n1. The maximum absolute atomic E-state index is 13.2. The van der Waals surface area contributed by atoms with Gasteiger partial charge < -0.3 is 10.4 Å². The monoisotopic (exact) mass is 338 g/mol. The molecule has 0 saturated heterocycles. The molecular weight excluding hydrogens is 323 g/mol. The van der Waals surface area contributed by atoms with Crippen molar-refractivity contribution in [3.63, 3.8) is 0 Å². The Bertz CT molecular complexity index is 1010. The van der Waals surface area contributed by atoms with Crippen LogP contribution in [0.3, 0.4) is 0 Å². The number of aromatic amines is 1. The van der Waals surface area contributed by atoms with E-state index >= 15 is 0 Å². The Morgan fingerprint density at radius 2 is 1.96 bits per heavy atom. The number of halogens is 1. The van der Waals surface area contributed by atoms with Gasteiger partial charge in [0, 0.05) is 18.5 Å². The quantitative estimate of drug-likeness (QED) is 0.532. The molecule has 0 aliphatic carbocycles. The first-order valence-electron chi connectivity index (χ1n) is 7.65. The van der Waals surface area contributed by atoms with Crippen molar-refractivity contribution in [3.05, 3.63) is 72.1 Å². The van der Waals surface area contributed by atoms with Crippen LogP contribution in [0.1, 0.15) is 18.3 Å². The molecule has 1 aromatic carbocycles. The molecule has 1 atom stereocenters. The number of hydrogen-bond donors (Lipinski definition) is 3. The van der Waals surface area contributed by atoms with Crippen molar-refractivity contribution in [2.45, 2.75) is 12.5 Å². The van der Waals surface area contributed by atoms with Gasteiger partial charge in [-0.15, -0.1) is 0 Å². The van der Waals surface area contributed by atoms with Gasteiger partial charge in [-0.2, -0.15) is 10.1 Å². The lowest BCUT2D eigenvalue weighted by Crippen LogP contribution is -2.27. The first-order chi connectivity index (χ1) is 12.0. The molecule has 0 radical (unpaired) electrons. The molecule has 3 aromatic heterocycles. The van der Waals surface area contributed by atoms with Crippen molar-refractivity contribution in [2.24, 2.45) is 0 Å². The van der Waals surface area contributed by atoms with Crippen molar-refractivity contribution >= 4 is 17.4 Å². The van der Waals surface area contributed by atoms with E-state index in [4.69, 9.17) is 0 Å². The second-order valence-electron chi connectivity index (χ2n) is 5.77. The number of aromatic nitrogens is 5. The van der Waals surface area contributed by atoms with Crippen LogP contribution >= 0.6 is 0 Å². The Balaban J connectivity index is 1.82. The lowest BCUT2D eigenvalue weighted by atomic mass is 9.95. The first-order valence-corrected chi connectivity index (χ1v) is 7.65. The number of benzene rings is 1. The molecule has 0 saturated carbocycles. The van der Waals surface area contributed by atoms with Gasteiger partial charge in [0.05, 0.1) is 0 Å². The van der Waals surface area contributed by atoms with Crippen molar-refractivity contribution in [1.82, 2.24) is 24.6 Å². The van der Waals surface area contributed by atoms with Gasteiger partial charge in [0.2, 0.25) is 5.95 Å². The van der Waals surface area contributed by atoms with E-state index in [0.717, 1.165) is 0 Å². The minimum atomic E-state index is -1.48. The van der Waals surface area contributed by atoms with E-state index in [1.165, 1.54) is 24.3 Å². The summed E-state index contributed by atoms with van der Waals surface area (Å²) in [6.07, 6.45) is 3.49. The lowest BCUT2D eigenvalue weighted by Gasteiger charge is -2.23. The molecule has 0 fully saturated rings. The fourth-order valence-electron chi connectivity index (χ4n) is 2.58. The molecular formula is C17H15FN6O. The average molecular weight is 338 g/mol. The summed E-state index contributed by atoms with van der Waals surface area (Å²) in [4.78, 5) is 8.90. The summed E-state index contributed by atoms with van der Waals surface area (Å²) in [6, 6.07) is 11.0. The zero-order valence-corrected chi connectivity index (χ0v) is 13.3. The normalized spacial score (nSPS) is 13.7. The Kier molecular flexibility index (Phi) is 3.47. The molecule has 25 heavy (non-hydrogen) atoms. The van der Waals surface area contributed by atoms with Gasteiger partial charge in [0.15, 0.2) is 11.6 Å². The van der Waals surface area contributed by atoms with E-state index in [-0.39, 0.29) is 11.6 Å². The number of rotatable bonds is 4. The van der Waals surface area contributed by atoms with E-state index in [1.54, 1.807) is 29.8 Å². The summed E-state index contributed by atoms with van der Waals surface area (Å²) in [7, 11) is 0. The van der Waals surface area contributed by atoms with Crippen LogP contribution in [0.4, 0.5) is 16.2 Å². The fraction of sp³-hybridized carbons (Fsp3) is 0.118. The van der Waals surface area contributed by atoms with Crippen molar-refractivity contribution in [3.8, 4) is 0 Å². The summed E-state index contributed by atoms with van der Waals surface area (Å²) < 4.78 is 14.9. The Labute approximate surface area is 142 Å². The van der Waals surface area contributed by atoms with Crippen LogP contribution in [0.25, 0.3) is 5.65 Å². The van der Waals surface area contributed by atoms with E-state index in [1.807, 2.05) is 12.1 Å². The zero-order chi connectivity index (χ0) is 17.4. The van der Waals surface area contributed by atoms with Gasteiger partial charge in [-0.3, -0.25) is 9.50 Å². The van der Waals surface area contributed by atoms with Crippen LogP contribution in [0.5, 0.6) is 0 Å². The molecule has 4 rings (SSSR count). The van der Waals surface area contributed by atoms with E-state index in [2.05, 4.69) is 25.5 Å². The van der Waals surface area contributed by atoms with Crippen LogP contribution in [-0.4, -0.2) is 29.7 Å². The van der Waals surface area contributed by atoms with Crippen molar-refractivity contribution in [1.29, 1.82) is 0 Å². The molecule has 4 aromatic rings. The van der Waals surface area contributed by atoms with Gasteiger partial charge in [-0.1, -0.05) is 12.1 Å². The molecule has 126 valence electrons. The van der Waals surface area contributed by atoms with Crippen LogP contribution in [0.2, 0.25) is 0 Å². The van der Waals surface area contributed by atoms with E-state index in [9.17, 15) is 9.50 Å². The maximum Gasteiger partial charge on any atom is 0.216 e. The van der Waals surface area contributed by atoms with Gasteiger partial charge in [0.1, 0.15) is 17.1 Å². The second-order valence-corrected chi connectivity index (χ2v) is 5.77. The number of nitrogens with zero attached hydrogens (tertiary/aromatic N) is 4. The highest BCUT2D eigenvalue weighted by Gasteiger charge is 2.30. The predicted molar refractivity (Wildman–Crippen MR) is 89.9 cm³/mol. The first kappa shape index (κ1) is 15.3. The number of hydrogen-bond acceptors (Lipinski definition) is 5. The second kappa shape index (κ2) is 5.67. The third kappa shape index (κ3) is 2.72. The smallest absolute Gasteiger partial charge is 0.216 e. The Morgan fingerprint density at radius 1 is 1.16 bits per heavy atom. The van der Waals surface area contributed by atoms with Crippen molar-refractivity contribution < 1.29 is 9.50 Å². The Hall–Kier alpha value is -3.26. The highest BCUT2D eigenvalue weighted by atomic mass is 19.1. The molecule has 3 heterocycles. The third-order valence-electron chi connectivity index (χ3n) is 3.97. The molecule has 0 aliphatic rings. The molecule has 0 spiro atoms. The van der Waals surface area contributed by atoms with E-state index in [0.29, 0.717) is 23.0 Å². The molecule has 0 amide bonds. The van der Waals surface area contributed by atoms with Crippen LogP contribution in [-0.2, 0) is 5.60 Å². The van der Waals surface area contributed by atoms with Crippen LogP contribution in [0, 0.1) is 5.82 Å². The van der Waals surface area contributed by atoms with Gasteiger partial charge >= 0.3 is 0 Å². The molecule has 3 N–H and O–H groups in total. The molecule has 8 heteroatoms. The zero-order valence-electron chi connectivity index (χ0n) is 13.3. The number of H-pyrrole nitrogens is 1. The van der Waals surface area contributed by atoms with Crippen molar-refractivity contribution in [2.75, 3.05) is 5.32 Å². The van der Waals surface area contributed by atoms with Crippen LogP contribution in [0.15, 0.2) is 54.9 Å². The summed E-state index contributed by atoms with van der Waals surface area (Å²) in [6.45, 7) is 1.58. The average Bonchev–Trinajstić information content (AvgIpc) is 3.26. The molecule has 1 unspecified atom stereocenters. The largest absolute Gasteiger partial charge is 0.377 e. The summed E-state index contributed by atoms with van der Waals surface area (Å²) in [5.74, 6) is 0.868. The number of fused-ring (bicyclic) bond motifs is 1. The fourth-order valence-corrected chi connectivity index (χ4v) is 2.58. The lowest BCUT2D eigenvalue weighted by molar-refractivity contribution is 0.0923. The standard InChI is InChI=1S/C17H15FN6O/c1-17(25,11-4-6-12(18)7-5-11)15-21-14-3-2-10-24(14)16(22-15)20-13-8-9-19-23-13/h2-10,25H,1H3,(H2,19,20,21,22,23). The summed E-state index contributed by atoms with van der Waals surface area (Å²) in [5, 5.41) is 20.8. The molecule has 0 aliphatic heterocycles. The predicted octanol–water partition coefficient (Wildman–Crippen LogP) is 2.59.